The molecule has 2 aliphatic rings. The van der Waals surface area contributed by atoms with Crippen LogP contribution in [0.3, 0.4) is 0 Å². The lowest BCUT2D eigenvalue weighted by atomic mass is 9.49. The van der Waals surface area contributed by atoms with Gasteiger partial charge in [0.1, 0.15) is 0 Å². The molecule has 1 saturated carbocycles. The summed E-state index contributed by atoms with van der Waals surface area (Å²) in [5.74, 6) is -2.49. The first-order chi connectivity index (χ1) is 6.49. The van der Waals surface area contributed by atoms with Crippen LogP contribution in [0.4, 0.5) is 8.78 Å². The summed E-state index contributed by atoms with van der Waals surface area (Å²) >= 11 is 0. The highest BCUT2D eigenvalue weighted by Gasteiger charge is 2.66. The molecule has 2 N–H and O–H groups in total. The molecule has 0 bridgehead atoms. The molecule has 0 aromatic rings. The van der Waals surface area contributed by atoms with E-state index in [4.69, 9.17) is 10.5 Å². The van der Waals surface area contributed by atoms with Crippen molar-refractivity contribution < 1.29 is 13.5 Å². The fourth-order valence-corrected chi connectivity index (χ4v) is 2.91. The molecular formula is C10H17F2NO. The lowest BCUT2D eigenvalue weighted by Gasteiger charge is -2.61. The van der Waals surface area contributed by atoms with Gasteiger partial charge in [0, 0.05) is 23.7 Å². The van der Waals surface area contributed by atoms with Crippen molar-refractivity contribution in [3.05, 3.63) is 0 Å². The smallest absolute Gasteiger partial charge is 0.249 e. The molecule has 1 aliphatic heterocycles. The normalized spacial score (nSPS) is 31.7. The van der Waals surface area contributed by atoms with Gasteiger partial charge in [-0.1, -0.05) is 6.92 Å². The summed E-state index contributed by atoms with van der Waals surface area (Å²) in [5.41, 5.74) is 5.25. The molecule has 0 spiro atoms. The van der Waals surface area contributed by atoms with Gasteiger partial charge in [0.2, 0.25) is 5.92 Å². The molecule has 1 aliphatic carbocycles. The Bertz CT molecular complexity index is 225. The van der Waals surface area contributed by atoms with Gasteiger partial charge in [-0.3, -0.25) is 0 Å². The Morgan fingerprint density at radius 2 is 1.79 bits per heavy atom. The van der Waals surface area contributed by atoms with Crippen LogP contribution in [0.25, 0.3) is 0 Å². The molecule has 2 nitrogen and oxygen atoms in total. The zero-order valence-corrected chi connectivity index (χ0v) is 8.48. The molecule has 0 radical (unpaired) electrons. The number of hydrogen-bond donors (Lipinski definition) is 1. The third-order valence-electron chi connectivity index (χ3n) is 4.14. The third-order valence-corrected chi connectivity index (χ3v) is 4.14. The average Bonchev–Trinajstić information content (AvgIpc) is 1.99. The van der Waals surface area contributed by atoms with Gasteiger partial charge in [0.25, 0.3) is 0 Å². The second-order valence-corrected chi connectivity index (χ2v) is 4.82. The highest BCUT2D eigenvalue weighted by molar-refractivity contribution is 5.11. The zero-order chi connectivity index (χ0) is 10.4. The van der Waals surface area contributed by atoms with Crippen molar-refractivity contribution in [3.8, 4) is 0 Å². The quantitative estimate of drug-likeness (QED) is 0.762. The lowest BCUT2D eigenvalue weighted by Crippen LogP contribution is -2.66. The summed E-state index contributed by atoms with van der Waals surface area (Å²) in [4.78, 5) is 0. The maximum atomic E-state index is 13.0. The predicted molar refractivity (Wildman–Crippen MR) is 49.2 cm³/mol. The Morgan fingerprint density at radius 3 is 2.00 bits per heavy atom. The summed E-state index contributed by atoms with van der Waals surface area (Å²) in [6, 6.07) is 0. The summed E-state index contributed by atoms with van der Waals surface area (Å²) in [6.07, 6.45) is 0.793. The number of nitrogens with two attached hydrogens (primary N) is 1. The fourth-order valence-electron chi connectivity index (χ4n) is 2.91. The molecule has 0 aromatic heterocycles. The van der Waals surface area contributed by atoms with Crippen molar-refractivity contribution >= 4 is 0 Å². The zero-order valence-electron chi connectivity index (χ0n) is 8.48. The summed E-state index contributed by atoms with van der Waals surface area (Å²) in [7, 11) is 0. The van der Waals surface area contributed by atoms with Crippen molar-refractivity contribution in [2.24, 2.45) is 16.6 Å². The summed E-state index contributed by atoms with van der Waals surface area (Å²) in [6.45, 7) is 3.61. The van der Waals surface area contributed by atoms with E-state index in [0.29, 0.717) is 19.8 Å². The molecule has 14 heavy (non-hydrogen) atoms. The van der Waals surface area contributed by atoms with Crippen LogP contribution in [0.2, 0.25) is 0 Å². The van der Waals surface area contributed by atoms with Gasteiger partial charge in [-0.05, 0) is 13.0 Å². The Kier molecular flexibility index (Phi) is 2.13. The molecule has 2 fully saturated rings. The number of rotatable bonds is 3. The molecule has 0 atom stereocenters. The summed E-state index contributed by atoms with van der Waals surface area (Å²) < 4.78 is 31.1. The first kappa shape index (κ1) is 10.3. The van der Waals surface area contributed by atoms with Gasteiger partial charge in [0.15, 0.2) is 0 Å². The van der Waals surface area contributed by atoms with Crippen LogP contribution in [0.5, 0.6) is 0 Å². The van der Waals surface area contributed by atoms with Crippen LogP contribution in [-0.4, -0.2) is 25.7 Å². The molecule has 0 unspecified atom stereocenters. The maximum Gasteiger partial charge on any atom is 0.249 e. The van der Waals surface area contributed by atoms with Crippen LogP contribution >= 0.6 is 0 Å². The highest BCUT2D eigenvalue weighted by Crippen LogP contribution is 2.63. The minimum Gasteiger partial charge on any atom is -0.380 e. The van der Waals surface area contributed by atoms with E-state index in [1.807, 2.05) is 6.92 Å². The van der Waals surface area contributed by atoms with Crippen molar-refractivity contribution in [2.75, 3.05) is 19.8 Å². The van der Waals surface area contributed by atoms with Gasteiger partial charge in [-0.25, -0.2) is 8.78 Å². The third kappa shape index (κ3) is 1.13. The number of alkyl halides is 2. The first-order valence-electron chi connectivity index (χ1n) is 5.15. The van der Waals surface area contributed by atoms with E-state index in [0.717, 1.165) is 6.42 Å². The SMILES string of the molecule is CCC1(C2(CN)CC(F)(F)C2)COC1. The van der Waals surface area contributed by atoms with Crippen LogP contribution in [0.15, 0.2) is 0 Å². The topological polar surface area (TPSA) is 35.2 Å². The second kappa shape index (κ2) is 2.89. The molecule has 0 aromatic carbocycles. The highest BCUT2D eigenvalue weighted by atomic mass is 19.3. The van der Waals surface area contributed by atoms with Crippen LogP contribution in [0.1, 0.15) is 26.2 Å². The summed E-state index contributed by atoms with van der Waals surface area (Å²) in [5, 5.41) is 0. The van der Waals surface area contributed by atoms with Gasteiger partial charge < -0.3 is 10.5 Å². The molecule has 1 saturated heterocycles. The molecular weight excluding hydrogens is 188 g/mol. The van der Waals surface area contributed by atoms with Crippen molar-refractivity contribution in [2.45, 2.75) is 32.1 Å². The van der Waals surface area contributed by atoms with E-state index in [9.17, 15) is 8.78 Å². The van der Waals surface area contributed by atoms with E-state index in [1.165, 1.54) is 0 Å². The Hall–Kier alpha value is -0.220. The first-order valence-corrected chi connectivity index (χ1v) is 5.15. The van der Waals surface area contributed by atoms with Gasteiger partial charge in [0.05, 0.1) is 13.2 Å². The Balaban J connectivity index is 2.14. The molecule has 2 rings (SSSR count). The number of halogens is 2. The predicted octanol–water partition coefficient (Wildman–Crippen LogP) is 1.79. The fraction of sp³-hybridized carbons (Fsp3) is 1.00. The average molecular weight is 205 g/mol. The monoisotopic (exact) mass is 205 g/mol. The lowest BCUT2D eigenvalue weighted by molar-refractivity contribution is -0.273. The van der Waals surface area contributed by atoms with E-state index in [1.54, 1.807) is 0 Å². The van der Waals surface area contributed by atoms with Crippen molar-refractivity contribution in [1.82, 2.24) is 0 Å². The Labute approximate surface area is 82.8 Å². The van der Waals surface area contributed by atoms with E-state index >= 15 is 0 Å². The van der Waals surface area contributed by atoms with Crippen molar-refractivity contribution in [3.63, 3.8) is 0 Å². The van der Waals surface area contributed by atoms with E-state index in [-0.39, 0.29) is 23.7 Å². The largest absolute Gasteiger partial charge is 0.380 e. The Morgan fingerprint density at radius 1 is 1.21 bits per heavy atom. The standard InChI is InChI=1S/C10H17F2NO/c1-2-8(6-14-7-8)9(5-13)3-10(11,12)4-9/h2-7,13H2,1H3. The molecule has 1 heterocycles. The number of hydrogen-bond acceptors (Lipinski definition) is 2. The van der Waals surface area contributed by atoms with Crippen molar-refractivity contribution in [1.29, 1.82) is 0 Å². The van der Waals surface area contributed by atoms with Gasteiger partial charge in [-0.15, -0.1) is 0 Å². The maximum absolute atomic E-state index is 13.0. The molecule has 82 valence electrons. The van der Waals surface area contributed by atoms with E-state index < -0.39 is 5.92 Å². The van der Waals surface area contributed by atoms with Crippen LogP contribution < -0.4 is 5.73 Å². The van der Waals surface area contributed by atoms with Gasteiger partial charge >= 0.3 is 0 Å². The van der Waals surface area contributed by atoms with E-state index in [2.05, 4.69) is 0 Å². The minimum atomic E-state index is -2.49. The second-order valence-electron chi connectivity index (χ2n) is 4.82. The van der Waals surface area contributed by atoms with Crippen LogP contribution in [-0.2, 0) is 4.74 Å². The van der Waals surface area contributed by atoms with Crippen LogP contribution in [0, 0.1) is 10.8 Å². The minimum absolute atomic E-state index is 0.0479. The van der Waals surface area contributed by atoms with Gasteiger partial charge in [-0.2, -0.15) is 0 Å². The molecule has 0 amide bonds. The molecule has 4 heteroatoms. The number of ether oxygens (including phenoxy) is 1.